The average Bonchev–Trinajstić information content (AvgIpc) is 3.33. The molecule has 0 bridgehead atoms. The van der Waals surface area contributed by atoms with Crippen LogP contribution >= 0.6 is 0 Å². The molecule has 7 heteroatoms. The molecule has 2 atom stereocenters. The molecule has 0 aromatic heterocycles. The Morgan fingerprint density at radius 1 is 1.00 bits per heavy atom. The second-order valence-electron chi connectivity index (χ2n) is 10.0. The summed E-state index contributed by atoms with van der Waals surface area (Å²) in [6.45, 7) is 1.96. The Kier molecular flexibility index (Phi) is 5.80. The molecule has 0 saturated heterocycles. The largest absolute Gasteiger partial charge is 0.481 e. The molecule has 0 radical (unpaired) electrons. The van der Waals surface area contributed by atoms with Crippen LogP contribution in [0.25, 0.3) is 11.1 Å². The van der Waals surface area contributed by atoms with Crippen molar-refractivity contribution in [2.24, 2.45) is 11.3 Å². The highest BCUT2D eigenvalue weighted by Crippen LogP contribution is 2.44. The van der Waals surface area contributed by atoms with Crippen molar-refractivity contribution in [1.82, 2.24) is 10.6 Å². The van der Waals surface area contributed by atoms with Crippen LogP contribution in [0.4, 0.5) is 4.79 Å². The summed E-state index contributed by atoms with van der Waals surface area (Å²) in [7, 11) is 0. The molecule has 3 aliphatic carbocycles. The summed E-state index contributed by atoms with van der Waals surface area (Å²) in [5, 5.41) is 15.3. The van der Waals surface area contributed by atoms with Crippen molar-refractivity contribution < 1.29 is 24.2 Å². The number of carboxylic acid groups (broad SMARTS) is 1. The van der Waals surface area contributed by atoms with Gasteiger partial charge >= 0.3 is 12.1 Å². The second kappa shape index (κ2) is 8.78. The number of rotatable bonds is 6. The molecular formula is C27H30N2O5. The molecule has 5 rings (SSSR count). The summed E-state index contributed by atoms with van der Waals surface area (Å²) < 4.78 is 5.59. The van der Waals surface area contributed by atoms with E-state index in [1.165, 1.54) is 11.1 Å². The molecule has 2 aromatic rings. The number of carboxylic acids is 1. The molecule has 2 unspecified atom stereocenters. The van der Waals surface area contributed by atoms with E-state index in [4.69, 9.17) is 4.74 Å². The fourth-order valence-corrected chi connectivity index (χ4v) is 5.70. The Balaban J connectivity index is 1.10. The molecule has 2 fully saturated rings. The van der Waals surface area contributed by atoms with Gasteiger partial charge in [-0.1, -0.05) is 55.0 Å². The van der Waals surface area contributed by atoms with Gasteiger partial charge in [-0.25, -0.2) is 4.79 Å². The van der Waals surface area contributed by atoms with Crippen LogP contribution in [-0.4, -0.2) is 41.8 Å². The fraction of sp³-hybridized carbons (Fsp3) is 0.444. The lowest BCUT2D eigenvalue weighted by molar-refractivity contribution is -0.149. The van der Waals surface area contributed by atoms with E-state index in [9.17, 15) is 19.5 Å². The Morgan fingerprint density at radius 2 is 1.62 bits per heavy atom. The number of hydrogen-bond donors (Lipinski definition) is 3. The van der Waals surface area contributed by atoms with Gasteiger partial charge in [0.05, 0.1) is 5.41 Å². The zero-order valence-electron chi connectivity index (χ0n) is 19.3. The maximum Gasteiger partial charge on any atom is 0.407 e. The van der Waals surface area contributed by atoms with E-state index >= 15 is 0 Å². The first-order valence-electron chi connectivity index (χ1n) is 12.0. The smallest absolute Gasteiger partial charge is 0.407 e. The molecule has 2 amide bonds. The van der Waals surface area contributed by atoms with Crippen LogP contribution in [0.2, 0.25) is 0 Å². The van der Waals surface area contributed by atoms with Crippen LogP contribution in [0.1, 0.15) is 56.1 Å². The zero-order chi connectivity index (χ0) is 23.9. The van der Waals surface area contributed by atoms with Gasteiger partial charge in [0.25, 0.3) is 0 Å². The Bertz CT molecular complexity index is 1080. The number of carbonyl (C=O) groups is 3. The summed E-state index contributed by atoms with van der Waals surface area (Å²) in [5.41, 5.74) is 3.79. The van der Waals surface area contributed by atoms with Crippen molar-refractivity contribution in [2.75, 3.05) is 6.61 Å². The molecule has 178 valence electrons. The minimum atomic E-state index is -0.904. The molecule has 0 spiro atoms. The van der Waals surface area contributed by atoms with E-state index in [1.54, 1.807) is 6.92 Å². The standard InChI is InChI=1S/C27H30N2O5/c1-27(25(31)32)12-6-11-23(27)29-24(30)16-13-17(14-16)28-26(33)34-15-22-20-9-4-2-7-18(20)19-8-3-5-10-21(19)22/h2-5,7-10,16-17,22-23H,6,11-15H2,1H3,(H,28,33)(H,29,30)(H,31,32). The number of hydrogen-bond acceptors (Lipinski definition) is 4. The molecule has 3 N–H and O–H groups in total. The third kappa shape index (κ3) is 3.93. The molecule has 0 aliphatic heterocycles. The van der Waals surface area contributed by atoms with E-state index in [2.05, 4.69) is 34.9 Å². The Labute approximate surface area is 198 Å². The topological polar surface area (TPSA) is 105 Å². The quantitative estimate of drug-likeness (QED) is 0.600. The second-order valence-corrected chi connectivity index (χ2v) is 10.0. The summed E-state index contributed by atoms with van der Waals surface area (Å²) in [4.78, 5) is 36.7. The molecular weight excluding hydrogens is 432 g/mol. The van der Waals surface area contributed by atoms with Gasteiger partial charge in [0, 0.05) is 23.9 Å². The predicted octanol–water partition coefficient (Wildman–Crippen LogP) is 4.06. The van der Waals surface area contributed by atoms with E-state index in [-0.39, 0.29) is 36.4 Å². The first-order valence-corrected chi connectivity index (χ1v) is 12.0. The fourth-order valence-electron chi connectivity index (χ4n) is 5.70. The molecule has 0 heterocycles. The van der Waals surface area contributed by atoms with Crippen LogP contribution < -0.4 is 10.6 Å². The van der Waals surface area contributed by atoms with Gasteiger partial charge < -0.3 is 20.5 Å². The number of ether oxygens (including phenoxy) is 1. The van der Waals surface area contributed by atoms with E-state index in [0.29, 0.717) is 25.7 Å². The Morgan fingerprint density at radius 3 is 2.24 bits per heavy atom. The molecule has 2 aromatic carbocycles. The highest BCUT2D eigenvalue weighted by atomic mass is 16.5. The van der Waals surface area contributed by atoms with Crippen LogP contribution in [0.3, 0.4) is 0 Å². The lowest BCUT2D eigenvalue weighted by Crippen LogP contribution is -2.54. The van der Waals surface area contributed by atoms with Gasteiger partial charge in [-0.2, -0.15) is 0 Å². The van der Waals surface area contributed by atoms with Crippen LogP contribution in [0.15, 0.2) is 48.5 Å². The monoisotopic (exact) mass is 462 g/mol. The number of benzene rings is 2. The van der Waals surface area contributed by atoms with Crippen molar-refractivity contribution in [3.63, 3.8) is 0 Å². The van der Waals surface area contributed by atoms with E-state index in [0.717, 1.165) is 17.5 Å². The predicted molar refractivity (Wildman–Crippen MR) is 126 cm³/mol. The lowest BCUT2D eigenvalue weighted by atomic mass is 9.78. The molecule has 3 aliphatic rings. The highest BCUT2D eigenvalue weighted by Gasteiger charge is 2.47. The van der Waals surface area contributed by atoms with Crippen molar-refractivity contribution in [2.45, 2.75) is 57.0 Å². The number of nitrogens with one attached hydrogen (secondary N) is 2. The van der Waals surface area contributed by atoms with Crippen molar-refractivity contribution in [3.8, 4) is 11.1 Å². The van der Waals surface area contributed by atoms with E-state index in [1.807, 2.05) is 24.3 Å². The van der Waals surface area contributed by atoms with Crippen LogP contribution in [0, 0.1) is 11.3 Å². The van der Waals surface area contributed by atoms with E-state index < -0.39 is 17.5 Å². The minimum absolute atomic E-state index is 0.00743. The van der Waals surface area contributed by atoms with Crippen molar-refractivity contribution in [1.29, 1.82) is 0 Å². The third-order valence-corrected chi connectivity index (χ3v) is 7.94. The average molecular weight is 463 g/mol. The summed E-state index contributed by atoms with van der Waals surface area (Å²) in [6.07, 6.45) is 2.65. The van der Waals surface area contributed by atoms with Gasteiger partial charge in [-0.3, -0.25) is 9.59 Å². The summed E-state index contributed by atoms with van der Waals surface area (Å²) in [6, 6.07) is 15.9. The van der Waals surface area contributed by atoms with Gasteiger partial charge in [-0.05, 0) is 54.9 Å². The number of carbonyl (C=O) groups excluding carboxylic acids is 2. The minimum Gasteiger partial charge on any atom is -0.481 e. The lowest BCUT2D eigenvalue weighted by Gasteiger charge is -2.36. The van der Waals surface area contributed by atoms with Gasteiger partial charge in [0.15, 0.2) is 0 Å². The first-order chi connectivity index (χ1) is 16.4. The van der Waals surface area contributed by atoms with Crippen molar-refractivity contribution >= 4 is 18.0 Å². The third-order valence-electron chi connectivity index (χ3n) is 7.94. The maximum atomic E-state index is 12.6. The normalized spacial score (nSPS) is 27.3. The highest BCUT2D eigenvalue weighted by molar-refractivity contribution is 5.83. The van der Waals surface area contributed by atoms with Gasteiger partial charge in [0.1, 0.15) is 6.61 Å². The molecule has 7 nitrogen and oxygen atoms in total. The number of amides is 2. The summed E-state index contributed by atoms with van der Waals surface area (Å²) >= 11 is 0. The van der Waals surface area contributed by atoms with Crippen LogP contribution in [0.5, 0.6) is 0 Å². The zero-order valence-corrected chi connectivity index (χ0v) is 19.3. The van der Waals surface area contributed by atoms with Crippen LogP contribution in [-0.2, 0) is 14.3 Å². The Hall–Kier alpha value is -3.35. The van der Waals surface area contributed by atoms with Gasteiger partial charge in [0.2, 0.25) is 5.91 Å². The maximum absolute atomic E-state index is 12.6. The van der Waals surface area contributed by atoms with Crippen molar-refractivity contribution in [3.05, 3.63) is 59.7 Å². The number of aliphatic carboxylic acids is 1. The first kappa shape index (κ1) is 22.4. The SMILES string of the molecule is CC1(C(=O)O)CCCC1NC(=O)C1CC(NC(=O)OCC2c3ccccc3-c3ccccc32)C1. The molecule has 34 heavy (non-hydrogen) atoms. The summed E-state index contributed by atoms with van der Waals surface area (Å²) in [5.74, 6) is -1.19. The number of alkyl carbamates (subject to hydrolysis) is 1. The van der Waals surface area contributed by atoms with Gasteiger partial charge in [-0.15, -0.1) is 0 Å². The number of fused-ring (bicyclic) bond motifs is 3. The molecule has 2 saturated carbocycles.